The lowest BCUT2D eigenvalue weighted by Gasteiger charge is -2.25. The summed E-state index contributed by atoms with van der Waals surface area (Å²) in [7, 11) is 3.39. The van der Waals surface area contributed by atoms with Gasteiger partial charge >= 0.3 is 5.97 Å². The summed E-state index contributed by atoms with van der Waals surface area (Å²) in [6, 6.07) is 0. The first-order valence-corrected chi connectivity index (χ1v) is 8.48. The maximum atomic E-state index is 12.5. The van der Waals surface area contributed by atoms with Crippen LogP contribution in [0.25, 0.3) is 0 Å². The number of sulfonamides is 1. The van der Waals surface area contributed by atoms with E-state index in [-0.39, 0.29) is 0 Å². The summed E-state index contributed by atoms with van der Waals surface area (Å²) in [5.74, 6) is -0.918. The van der Waals surface area contributed by atoms with Gasteiger partial charge in [0, 0.05) is 13.6 Å². The normalized spacial score (nSPS) is 23.5. The number of ether oxygens (including phenoxy) is 1. The monoisotopic (exact) mass is 306 g/mol. The van der Waals surface area contributed by atoms with Gasteiger partial charge in [0.15, 0.2) is 0 Å². The lowest BCUT2D eigenvalue weighted by Crippen LogP contribution is -2.41. The van der Waals surface area contributed by atoms with Crippen molar-refractivity contribution in [2.24, 2.45) is 5.92 Å². The third kappa shape index (κ3) is 4.17. The number of nitrogens with zero attached hydrogens (tertiary/aromatic N) is 2. The highest BCUT2D eigenvalue weighted by Gasteiger charge is 2.43. The zero-order chi connectivity index (χ0) is 15.3. The van der Waals surface area contributed by atoms with Crippen molar-refractivity contribution in [2.75, 3.05) is 41.3 Å². The fourth-order valence-corrected chi connectivity index (χ4v) is 4.64. The maximum Gasteiger partial charge on any atom is 0.310 e. The van der Waals surface area contributed by atoms with Crippen molar-refractivity contribution in [2.45, 2.75) is 30.9 Å². The minimum Gasteiger partial charge on any atom is -0.469 e. The van der Waals surface area contributed by atoms with E-state index in [1.807, 2.05) is 19.0 Å². The van der Waals surface area contributed by atoms with E-state index in [0.717, 1.165) is 19.4 Å². The molecule has 1 saturated carbocycles. The predicted molar refractivity (Wildman–Crippen MR) is 77.9 cm³/mol. The van der Waals surface area contributed by atoms with Crippen molar-refractivity contribution in [1.82, 2.24) is 9.21 Å². The molecule has 2 atom stereocenters. The Hall–Kier alpha value is -0.660. The van der Waals surface area contributed by atoms with Crippen molar-refractivity contribution < 1.29 is 17.9 Å². The molecular formula is C13H26N2O4S. The minimum absolute atomic E-state index is 0.405. The van der Waals surface area contributed by atoms with Crippen molar-refractivity contribution in [3.05, 3.63) is 0 Å². The van der Waals surface area contributed by atoms with Crippen LogP contribution in [0.5, 0.6) is 0 Å². The quantitative estimate of drug-likeness (QED) is 0.642. The highest BCUT2D eigenvalue weighted by molar-refractivity contribution is 7.89. The van der Waals surface area contributed by atoms with Gasteiger partial charge in [-0.15, -0.1) is 0 Å². The third-order valence-electron chi connectivity index (χ3n) is 3.85. The van der Waals surface area contributed by atoms with Gasteiger partial charge in [-0.25, -0.2) is 12.7 Å². The number of methoxy groups -OCH3 is 1. The Bertz CT molecular complexity index is 422. The molecule has 2 unspecified atom stereocenters. The van der Waals surface area contributed by atoms with Gasteiger partial charge < -0.3 is 9.64 Å². The number of hydrogen-bond donors (Lipinski definition) is 0. The van der Waals surface area contributed by atoms with E-state index >= 15 is 0 Å². The fourth-order valence-electron chi connectivity index (χ4n) is 2.67. The van der Waals surface area contributed by atoms with E-state index in [1.165, 1.54) is 11.4 Å². The molecule has 0 aromatic heterocycles. The Kier molecular flexibility index (Phi) is 6.42. The first-order valence-electron chi connectivity index (χ1n) is 6.98. The van der Waals surface area contributed by atoms with Crippen molar-refractivity contribution in [3.63, 3.8) is 0 Å². The largest absolute Gasteiger partial charge is 0.469 e. The van der Waals surface area contributed by atoms with Crippen LogP contribution in [-0.2, 0) is 19.6 Å². The Balaban J connectivity index is 2.69. The highest BCUT2D eigenvalue weighted by Crippen LogP contribution is 2.33. The van der Waals surface area contributed by atoms with Gasteiger partial charge in [-0.1, -0.05) is 6.42 Å². The second-order valence-electron chi connectivity index (χ2n) is 5.62. The first kappa shape index (κ1) is 17.4. The summed E-state index contributed by atoms with van der Waals surface area (Å²) in [4.78, 5) is 13.7. The van der Waals surface area contributed by atoms with Crippen LogP contribution in [-0.4, -0.2) is 70.2 Å². The first-order chi connectivity index (χ1) is 9.30. The summed E-state index contributed by atoms with van der Waals surface area (Å²) in [5.41, 5.74) is 0. The summed E-state index contributed by atoms with van der Waals surface area (Å²) in [6.45, 7) is 1.32. The summed E-state index contributed by atoms with van der Waals surface area (Å²) >= 11 is 0. The van der Waals surface area contributed by atoms with Crippen LogP contribution in [0.3, 0.4) is 0 Å². The van der Waals surface area contributed by atoms with Crippen LogP contribution in [0.2, 0.25) is 0 Å². The second kappa shape index (κ2) is 7.38. The average molecular weight is 306 g/mol. The molecule has 7 heteroatoms. The Morgan fingerprint density at radius 1 is 1.20 bits per heavy atom. The van der Waals surface area contributed by atoms with E-state index in [4.69, 9.17) is 4.74 Å². The fraction of sp³-hybridized carbons (Fsp3) is 0.923. The van der Waals surface area contributed by atoms with Crippen molar-refractivity contribution in [1.29, 1.82) is 0 Å². The standard InChI is InChI=1S/C13H26N2O4S/c1-14(2)9-6-10-15(3)20(17,18)12-8-5-7-11(12)13(16)19-4/h11-12H,5-10H2,1-4H3. The summed E-state index contributed by atoms with van der Waals surface area (Å²) < 4.78 is 31.2. The van der Waals surface area contributed by atoms with E-state index in [9.17, 15) is 13.2 Å². The van der Waals surface area contributed by atoms with Crippen molar-refractivity contribution >= 4 is 16.0 Å². The molecule has 0 amide bonds. The van der Waals surface area contributed by atoms with Crippen LogP contribution in [0.1, 0.15) is 25.7 Å². The molecule has 0 heterocycles. The molecular weight excluding hydrogens is 280 g/mol. The topological polar surface area (TPSA) is 66.9 Å². The van der Waals surface area contributed by atoms with Gasteiger partial charge in [-0.3, -0.25) is 4.79 Å². The molecule has 20 heavy (non-hydrogen) atoms. The van der Waals surface area contributed by atoms with E-state index in [1.54, 1.807) is 7.05 Å². The Labute approximate surface area is 122 Å². The molecule has 0 aromatic carbocycles. The van der Waals surface area contributed by atoms with Crippen LogP contribution in [0, 0.1) is 5.92 Å². The zero-order valence-electron chi connectivity index (χ0n) is 12.8. The van der Waals surface area contributed by atoms with Crippen LogP contribution in [0.4, 0.5) is 0 Å². The van der Waals surface area contributed by atoms with Crippen molar-refractivity contribution in [3.8, 4) is 0 Å². The number of carbonyl (C=O) groups excluding carboxylic acids is 1. The summed E-state index contributed by atoms with van der Waals surface area (Å²) in [6.07, 6.45) is 2.68. The molecule has 0 spiro atoms. The van der Waals surface area contributed by atoms with Crippen LogP contribution in [0.15, 0.2) is 0 Å². The molecule has 1 aliphatic carbocycles. The summed E-state index contributed by atoms with van der Waals surface area (Å²) in [5, 5.41) is -0.626. The molecule has 0 aromatic rings. The SMILES string of the molecule is COC(=O)C1CCCC1S(=O)(=O)N(C)CCCN(C)C. The maximum absolute atomic E-state index is 12.5. The molecule has 0 saturated heterocycles. The van der Waals surface area contributed by atoms with Gasteiger partial charge in [-0.2, -0.15) is 0 Å². The van der Waals surface area contributed by atoms with Gasteiger partial charge in [0.2, 0.25) is 10.0 Å². The van der Waals surface area contributed by atoms with Gasteiger partial charge in [0.25, 0.3) is 0 Å². The molecule has 1 rings (SSSR count). The average Bonchev–Trinajstić information content (AvgIpc) is 2.87. The van der Waals surface area contributed by atoms with E-state index in [2.05, 4.69) is 0 Å². The lowest BCUT2D eigenvalue weighted by molar-refractivity contribution is -0.145. The molecule has 0 bridgehead atoms. The Morgan fingerprint density at radius 3 is 2.40 bits per heavy atom. The highest BCUT2D eigenvalue weighted by atomic mass is 32.2. The molecule has 0 N–H and O–H groups in total. The number of esters is 1. The van der Waals surface area contributed by atoms with E-state index < -0.39 is 27.2 Å². The third-order valence-corrected chi connectivity index (χ3v) is 6.23. The Morgan fingerprint density at radius 2 is 1.85 bits per heavy atom. The smallest absolute Gasteiger partial charge is 0.310 e. The molecule has 1 aliphatic rings. The van der Waals surface area contributed by atoms with Crippen LogP contribution < -0.4 is 0 Å². The molecule has 0 radical (unpaired) electrons. The van der Waals surface area contributed by atoms with Gasteiger partial charge in [0.05, 0.1) is 18.3 Å². The minimum atomic E-state index is -3.43. The molecule has 118 valence electrons. The number of rotatable bonds is 7. The number of hydrogen-bond acceptors (Lipinski definition) is 5. The lowest BCUT2D eigenvalue weighted by atomic mass is 10.1. The number of carbonyl (C=O) groups is 1. The van der Waals surface area contributed by atoms with Gasteiger partial charge in [0.1, 0.15) is 0 Å². The zero-order valence-corrected chi connectivity index (χ0v) is 13.6. The molecule has 0 aliphatic heterocycles. The second-order valence-corrected chi connectivity index (χ2v) is 7.88. The van der Waals surface area contributed by atoms with Crippen LogP contribution >= 0.6 is 0 Å². The van der Waals surface area contributed by atoms with E-state index in [0.29, 0.717) is 19.4 Å². The molecule has 1 fully saturated rings. The van der Waals surface area contributed by atoms with Gasteiger partial charge in [-0.05, 0) is 39.9 Å². The predicted octanol–water partition coefficient (Wildman–Crippen LogP) is 0.541. The molecule has 6 nitrogen and oxygen atoms in total.